The summed E-state index contributed by atoms with van der Waals surface area (Å²) < 4.78 is 2.47. The van der Waals surface area contributed by atoms with Crippen LogP contribution in [0.5, 0.6) is 0 Å². The fraction of sp³-hybridized carbons (Fsp3) is 0.556. The molecule has 0 bridgehead atoms. The second-order valence-electron chi connectivity index (χ2n) is 6.00. The third kappa shape index (κ3) is 2.76. The molecule has 3 rings (SSSR count). The zero-order valence-corrected chi connectivity index (χ0v) is 12.6. The van der Waals surface area contributed by atoms with Gasteiger partial charge in [0.25, 0.3) is 0 Å². The first kappa shape index (κ1) is 13.7. The number of nitrogens with zero attached hydrogens (tertiary/aromatic N) is 1. The lowest BCUT2D eigenvalue weighted by molar-refractivity contribution is 0.413. The standard InChI is InChI=1S/C18H26N2/c1-2-3-8-13-20-14-16(17-10-6-7-12-19-17)15-9-4-5-11-18(15)20/h4-5,9,11,14,17,19H,2-3,6-8,10,12-13H2,1H3. The lowest BCUT2D eigenvalue weighted by Gasteiger charge is -2.23. The Morgan fingerprint density at radius 1 is 1.20 bits per heavy atom. The summed E-state index contributed by atoms with van der Waals surface area (Å²) in [6.45, 7) is 4.59. The second-order valence-corrected chi connectivity index (χ2v) is 6.00. The van der Waals surface area contributed by atoms with E-state index in [0.29, 0.717) is 6.04 Å². The van der Waals surface area contributed by atoms with Crippen LogP contribution in [0.2, 0.25) is 0 Å². The van der Waals surface area contributed by atoms with Crippen molar-refractivity contribution in [3.8, 4) is 0 Å². The Morgan fingerprint density at radius 2 is 2.10 bits per heavy atom. The Hall–Kier alpha value is -1.28. The van der Waals surface area contributed by atoms with Crippen LogP contribution in [0.25, 0.3) is 10.9 Å². The summed E-state index contributed by atoms with van der Waals surface area (Å²) in [5.41, 5.74) is 2.92. The zero-order chi connectivity index (χ0) is 13.8. The quantitative estimate of drug-likeness (QED) is 0.783. The summed E-state index contributed by atoms with van der Waals surface area (Å²) >= 11 is 0. The molecule has 0 spiro atoms. The van der Waals surface area contributed by atoms with Gasteiger partial charge >= 0.3 is 0 Å². The minimum Gasteiger partial charge on any atom is -0.347 e. The van der Waals surface area contributed by atoms with Crippen LogP contribution in [-0.2, 0) is 6.54 Å². The largest absolute Gasteiger partial charge is 0.347 e. The molecule has 1 unspecified atom stereocenters. The summed E-state index contributed by atoms with van der Waals surface area (Å²) in [7, 11) is 0. The maximum atomic E-state index is 3.69. The molecule has 2 heteroatoms. The van der Waals surface area contributed by atoms with Gasteiger partial charge in [-0.2, -0.15) is 0 Å². The highest BCUT2D eigenvalue weighted by molar-refractivity contribution is 5.84. The number of rotatable bonds is 5. The van der Waals surface area contributed by atoms with Crippen LogP contribution in [0, 0.1) is 0 Å². The highest BCUT2D eigenvalue weighted by Crippen LogP contribution is 2.31. The number of nitrogens with one attached hydrogen (secondary N) is 1. The minimum atomic E-state index is 0.557. The molecule has 1 saturated heterocycles. The maximum absolute atomic E-state index is 3.69. The van der Waals surface area contributed by atoms with Crippen molar-refractivity contribution < 1.29 is 0 Å². The Kier molecular flexibility index (Phi) is 4.41. The monoisotopic (exact) mass is 270 g/mol. The molecular formula is C18H26N2. The average molecular weight is 270 g/mol. The first-order chi connectivity index (χ1) is 9.90. The van der Waals surface area contributed by atoms with E-state index in [4.69, 9.17) is 0 Å². The predicted molar refractivity (Wildman–Crippen MR) is 86.1 cm³/mol. The van der Waals surface area contributed by atoms with Crippen molar-refractivity contribution in [2.24, 2.45) is 0 Å². The number of aryl methyl sites for hydroxylation is 1. The number of piperidine rings is 1. The highest BCUT2D eigenvalue weighted by atomic mass is 15.0. The average Bonchev–Trinajstić information content (AvgIpc) is 2.88. The molecule has 1 aliphatic heterocycles. The number of para-hydroxylation sites is 1. The van der Waals surface area contributed by atoms with Gasteiger partial charge in [-0.1, -0.05) is 44.4 Å². The second kappa shape index (κ2) is 6.45. The van der Waals surface area contributed by atoms with Crippen molar-refractivity contribution in [1.82, 2.24) is 9.88 Å². The molecule has 1 aliphatic rings. The van der Waals surface area contributed by atoms with Gasteiger partial charge in [0.2, 0.25) is 0 Å². The molecule has 2 heterocycles. The van der Waals surface area contributed by atoms with Crippen LogP contribution in [0.15, 0.2) is 30.5 Å². The Labute approximate surface area is 122 Å². The summed E-state index contributed by atoms with van der Waals surface area (Å²) in [6, 6.07) is 9.45. The van der Waals surface area contributed by atoms with E-state index in [2.05, 4.69) is 47.3 Å². The lowest BCUT2D eigenvalue weighted by Crippen LogP contribution is -2.26. The number of fused-ring (bicyclic) bond motifs is 1. The number of aromatic nitrogens is 1. The van der Waals surface area contributed by atoms with Crippen molar-refractivity contribution in [2.45, 2.75) is 58.0 Å². The summed E-state index contributed by atoms with van der Waals surface area (Å²) in [5, 5.41) is 5.14. The molecule has 1 aromatic carbocycles. The van der Waals surface area contributed by atoms with Gasteiger partial charge in [0.05, 0.1) is 0 Å². The van der Waals surface area contributed by atoms with Gasteiger partial charge in [0, 0.05) is 29.7 Å². The van der Waals surface area contributed by atoms with E-state index in [9.17, 15) is 0 Å². The van der Waals surface area contributed by atoms with Crippen LogP contribution in [-0.4, -0.2) is 11.1 Å². The zero-order valence-electron chi connectivity index (χ0n) is 12.6. The van der Waals surface area contributed by atoms with Gasteiger partial charge < -0.3 is 9.88 Å². The molecule has 20 heavy (non-hydrogen) atoms. The maximum Gasteiger partial charge on any atom is 0.0483 e. The molecule has 1 fully saturated rings. The topological polar surface area (TPSA) is 17.0 Å². The van der Waals surface area contributed by atoms with Crippen LogP contribution in [0.1, 0.15) is 57.1 Å². The van der Waals surface area contributed by atoms with E-state index >= 15 is 0 Å². The molecule has 1 aromatic heterocycles. The number of hydrogen-bond acceptors (Lipinski definition) is 1. The van der Waals surface area contributed by atoms with E-state index < -0.39 is 0 Å². The van der Waals surface area contributed by atoms with Gasteiger partial charge in [0.15, 0.2) is 0 Å². The molecule has 0 saturated carbocycles. The van der Waals surface area contributed by atoms with Gasteiger partial charge in [-0.15, -0.1) is 0 Å². The van der Waals surface area contributed by atoms with E-state index in [1.54, 1.807) is 0 Å². The minimum absolute atomic E-state index is 0.557. The number of benzene rings is 1. The van der Waals surface area contributed by atoms with E-state index in [1.165, 1.54) is 61.5 Å². The lowest BCUT2D eigenvalue weighted by atomic mass is 9.97. The van der Waals surface area contributed by atoms with Gasteiger partial charge in [-0.3, -0.25) is 0 Å². The molecular weight excluding hydrogens is 244 g/mol. The third-order valence-corrected chi connectivity index (χ3v) is 4.51. The van der Waals surface area contributed by atoms with Crippen molar-refractivity contribution in [3.63, 3.8) is 0 Å². The van der Waals surface area contributed by atoms with Crippen molar-refractivity contribution in [3.05, 3.63) is 36.0 Å². The molecule has 0 amide bonds. The van der Waals surface area contributed by atoms with Crippen LogP contribution in [0.4, 0.5) is 0 Å². The van der Waals surface area contributed by atoms with Crippen LogP contribution in [0.3, 0.4) is 0 Å². The summed E-state index contributed by atoms with van der Waals surface area (Å²) in [5.74, 6) is 0. The molecule has 2 nitrogen and oxygen atoms in total. The van der Waals surface area contributed by atoms with Gasteiger partial charge in [-0.05, 0) is 37.4 Å². The van der Waals surface area contributed by atoms with Crippen molar-refractivity contribution in [1.29, 1.82) is 0 Å². The molecule has 1 atom stereocenters. The molecule has 0 aliphatic carbocycles. The van der Waals surface area contributed by atoms with Crippen LogP contribution < -0.4 is 5.32 Å². The first-order valence-corrected chi connectivity index (χ1v) is 8.21. The third-order valence-electron chi connectivity index (χ3n) is 4.51. The van der Waals surface area contributed by atoms with Gasteiger partial charge in [-0.25, -0.2) is 0 Å². The normalized spacial score (nSPS) is 19.6. The molecule has 2 aromatic rings. The molecule has 0 radical (unpaired) electrons. The van der Waals surface area contributed by atoms with Crippen LogP contribution >= 0.6 is 0 Å². The Balaban J connectivity index is 1.91. The highest BCUT2D eigenvalue weighted by Gasteiger charge is 2.19. The Bertz CT molecular complexity index is 550. The van der Waals surface area contributed by atoms with E-state index in [0.717, 1.165) is 6.54 Å². The SMILES string of the molecule is CCCCCn1cc(C2CCCCN2)c2ccccc21. The fourth-order valence-electron chi connectivity index (χ4n) is 3.39. The molecule has 1 N–H and O–H groups in total. The molecule has 108 valence electrons. The summed E-state index contributed by atoms with van der Waals surface area (Å²) in [4.78, 5) is 0. The van der Waals surface area contributed by atoms with Crippen molar-refractivity contribution in [2.75, 3.05) is 6.54 Å². The van der Waals surface area contributed by atoms with E-state index in [-0.39, 0.29) is 0 Å². The van der Waals surface area contributed by atoms with Crippen molar-refractivity contribution >= 4 is 10.9 Å². The smallest absolute Gasteiger partial charge is 0.0483 e. The summed E-state index contributed by atoms with van der Waals surface area (Å²) in [6.07, 6.45) is 10.3. The first-order valence-electron chi connectivity index (χ1n) is 8.21. The van der Waals surface area contributed by atoms with E-state index in [1.807, 2.05) is 0 Å². The fourth-order valence-corrected chi connectivity index (χ4v) is 3.39. The number of unbranched alkanes of at least 4 members (excludes halogenated alkanes) is 2. The number of hydrogen-bond donors (Lipinski definition) is 1. The van der Waals surface area contributed by atoms with Gasteiger partial charge in [0.1, 0.15) is 0 Å². The Morgan fingerprint density at radius 3 is 2.90 bits per heavy atom. The predicted octanol–water partition coefficient (Wildman–Crippen LogP) is 4.65.